The number of fused-ring (bicyclic) bond motifs is 1. The molecule has 0 unspecified atom stereocenters. The standard InChI is InChI=1S/C20H27NO2/c1-13(2)21(14(3)4)20(22)15(5)17-8-7-16-9-10-19(23-6)12-18(16)11-17/h7-15H,1-6H3/t15-/m0/s1. The molecule has 0 saturated carbocycles. The van der Waals surface area contributed by atoms with Gasteiger partial charge in [0.05, 0.1) is 13.0 Å². The number of methoxy groups -OCH3 is 1. The molecule has 0 fully saturated rings. The first-order valence-electron chi connectivity index (χ1n) is 8.25. The Morgan fingerprint density at radius 2 is 1.52 bits per heavy atom. The Morgan fingerprint density at radius 1 is 0.913 bits per heavy atom. The van der Waals surface area contributed by atoms with E-state index >= 15 is 0 Å². The van der Waals surface area contributed by atoms with Gasteiger partial charge in [-0.05, 0) is 63.1 Å². The van der Waals surface area contributed by atoms with E-state index in [-0.39, 0.29) is 23.9 Å². The van der Waals surface area contributed by atoms with Crippen molar-refractivity contribution in [3.63, 3.8) is 0 Å². The largest absolute Gasteiger partial charge is 0.497 e. The van der Waals surface area contributed by atoms with Crippen molar-refractivity contribution in [2.24, 2.45) is 0 Å². The first-order valence-corrected chi connectivity index (χ1v) is 8.25. The third kappa shape index (κ3) is 3.66. The number of ether oxygens (including phenoxy) is 1. The van der Waals surface area contributed by atoms with Gasteiger partial charge in [-0.2, -0.15) is 0 Å². The van der Waals surface area contributed by atoms with Gasteiger partial charge in [-0.15, -0.1) is 0 Å². The quantitative estimate of drug-likeness (QED) is 0.807. The molecule has 0 spiro atoms. The second-order valence-electron chi connectivity index (χ2n) is 6.63. The third-order valence-corrected chi connectivity index (χ3v) is 4.31. The normalized spacial score (nSPS) is 12.7. The average molecular weight is 313 g/mol. The topological polar surface area (TPSA) is 29.5 Å². The van der Waals surface area contributed by atoms with Gasteiger partial charge in [-0.25, -0.2) is 0 Å². The summed E-state index contributed by atoms with van der Waals surface area (Å²) < 4.78 is 5.30. The molecule has 0 heterocycles. The van der Waals surface area contributed by atoms with Gasteiger partial charge in [0, 0.05) is 12.1 Å². The lowest BCUT2D eigenvalue weighted by Gasteiger charge is -2.33. The maximum absolute atomic E-state index is 12.9. The molecule has 2 aromatic carbocycles. The first-order chi connectivity index (χ1) is 10.8. The highest BCUT2D eigenvalue weighted by molar-refractivity contribution is 5.88. The molecule has 3 nitrogen and oxygen atoms in total. The van der Waals surface area contributed by atoms with Crippen LogP contribution in [0.25, 0.3) is 10.8 Å². The molecule has 2 aromatic rings. The second kappa shape index (κ2) is 7.03. The van der Waals surface area contributed by atoms with Gasteiger partial charge in [0.1, 0.15) is 5.75 Å². The van der Waals surface area contributed by atoms with Gasteiger partial charge in [-0.3, -0.25) is 4.79 Å². The molecule has 2 rings (SSSR count). The predicted molar refractivity (Wildman–Crippen MR) is 96.0 cm³/mol. The number of hydrogen-bond donors (Lipinski definition) is 0. The van der Waals surface area contributed by atoms with Gasteiger partial charge in [0.2, 0.25) is 5.91 Å². The van der Waals surface area contributed by atoms with Crippen molar-refractivity contribution in [3.05, 3.63) is 42.0 Å². The van der Waals surface area contributed by atoms with Crippen molar-refractivity contribution < 1.29 is 9.53 Å². The van der Waals surface area contributed by atoms with Crippen LogP contribution in [0.4, 0.5) is 0 Å². The van der Waals surface area contributed by atoms with Crippen LogP contribution in [0.5, 0.6) is 5.75 Å². The zero-order chi connectivity index (χ0) is 17.1. The summed E-state index contributed by atoms with van der Waals surface area (Å²) in [5.41, 5.74) is 1.04. The van der Waals surface area contributed by atoms with E-state index in [0.717, 1.165) is 22.1 Å². The highest BCUT2D eigenvalue weighted by Crippen LogP contribution is 2.27. The lowest BCUT2D eigenvalue weighted by Crippen LogP contribution is -2.44. The molecule has 0 aliphatic heterocycles. The molecule has 0 saturated heterocycles. The van der Waals surface area contributed by atoms with Crippen molar-refractivity contribution >= 4 is 16.7 Å². The molecule has 0 aliphatic carbocycles. The summed E-state index contributed by atoms with van der Waals surface area (Å²) >= 11 is 0. The van der Waals surface area contributed by atoms with Crippen LogP contribution in [0.15, 0.2) is 36.4 Å². The summed E-state index contributed by atoms with van der Waals surface area (Å²) in [7, 11) is 1.67. The molecule has 0 aliphatic rings. The molecule has 124 valence electrons. The van der Waals surface area contributed by atoms with Crippen LogP contribution in [0.3, 0.4) is 0 Å². The van der Waals surface area contributed by atoms with E-state index in [0.29, 0.717) is 0 Å². The summed E-state index contributed by atoms with van der Waals surface area (Å²) in [6.45, 7) is 10.2. The molecule has 1 amide bonds. The molecular formula is C20H27NO2. The van der Waals surface area contributed by atoms with E-state index < -0.39 is 0 Å². The number of hydrogen-bond acceptors (Lipinski definition) is 2. The Bertz CT molecular complexity index is 683. The fourth-order valence-corrected chi connectivity index (χ4v) is 3.11. The van der Waals surface area contributed by atoms with E-state index in [2.05, 4.69) is 45.9 Å². The highest BCUT2D eigenvalue weighted by atomic mass is 16.5. The minimum Gasteiger partial charge on any atom is -0.497 e. The number of benzene rings is 2. The zero-order valence-electron chi connectivity index (χ0n) is 15.0. The maximum atomic E-state index is 12.9. The molecule has 0 bridgehead atoms. The van der Waals surface area contributed by atoms with Crippen LogP contribution in [0.2, 0.25) is 0 Å². The molecule has 23 heavy (non-hydrogen) atoms. The van der Waals surface area contributed by atoms with Gasteiger partial charge < -0.3 is 9.64 Å². The maximum Gasteiger partial charge on any atom is 0.230 e. The van der Waals surface area contributed by atoms with Crippen molar-refractivity contribution in [2.45, 2.75) is 52.6 Å². The fourth-order valence-electron chi connectivity index (χ4n) is 3.11. The number of amides is 1. The molecular weight excluding hydrogens is 286 g/mol. The predicted octanol–water partition coefficient (Wildman–Crippen LogP) is 4.60. The van der Waals surface area contributed by atoms with E-state index in [1.807, 2.05) is 30.0 Å². The van der Waals surface area contributed by atoms with Gasteiger partial charge >= 0.3 is 0 Å². The van der Waals surface area contributed by atoms with Crippen molar-refractivity contribution in [1.82, 2.24) is 4.90 Å². The van der Waals surface area contributed by atoms with Gasteiger partial charge in [0.25, 0.3) is 0 Å². The summed E-state index contributed by atoms with van der Waals surface area (Å²) in [5.74, 6) is 0.854. The third-order valence-electron chi connectivity index (χ3n) is 4.31. The Labute approximate surface area is 139 Å². The Kier molecular flexibility index (Phi) is 5.30. The number of rotatable bonds is 5. The second-order valence-corrected chi connectivity index (χ2v) is 6.63. The van der Waals surface area contributed by atoms with E-state index in [9.17, 15) is 4.79 Å². The summed E-state index contributed by atoms with van der Waals surface area (Å²) in [4.78, 5) is 14.8. The highest BCUT2D eigenvalue weighted by Gasteiger charge is 2.26. The summed E-state index contributed by atoms with van der Waals surface area (Å²) in [6.07, 6.45) is 0. The van der Waals surface area contributed by atoms with Crippen molar-refractivity contribution in [1.29, 1.82) is 0 Å². The Balaban J connectivity index is 2.36. The SMILES string of the molecule is COc1ccc2ccc([C@H](C)C(=O)N(C(C)C)C(C)C)cc2c1. The van der Waals surface area contributed by atoms with E-state index in [4.69, 9.17) is 4.74 Å². The zero-order valence-corrected chi connectivity index (χ0v) is 15.0. The van der Waals surface area contributed by atoms with Crippen LogP contribution >= 0.6 is 0 Å². The minimum absolute atomic E-state index is 0.157. The lowest BCUT2D eigenvalue weighted by atomic mass is 9.95. The number of carbonyl (C=O) groups is 1. The molecule has 0 N–H and O–H groups in total. The van der Waals surface area contributed by atoms with Crippen LogP contribution < -0.4 is 4.74 Å². The molecule has 1 atom stereocenters. The van der Waals surface area contributed by atoms with E-state index in [1.165, 1.54) is 0 Å². The van der Waals surface area contributed by atoms with Crippen molar-refractivity contribution in [2.75, 3.05) is 7.11 Å². The minimum atomic E-state index is -0.157. The van der Waals surface area contributed by atoms with Gasteiger partial charge in [0.15, 0.2) is 0 Å². The molecule has 0 aromatic heterocycles. The van der Waals surface area contributed by atoms with Crippen LogP contribution in [-0.4, -0.2) is 30.0 Å². The van der Waals surface area contributed by atoms with Crippen LogP contribution in [0.1, 0.15) is 46.1 Å². The Morgan fingerprint density at radius 3 is 2.09 bits per heavy atom. The van der Waals surface area contributed by atoms with Gasteiger partial charge in [-0.1, -0.05) is 24.3 Å². The summed E-state index contributed by atoms with van der Waals surface area (Å²) in [5, 5.41) is 2.25. The average Bonchev–Trinajstić information content (AvgIpc) is 2.52. The summed E-state index contributed by atoms with van der Waals surface area (Å²) in [6, 6.07) is 12.6. The molecule has 0 radical (unpaired) electrons. The van der Waals surface area contributed by atoms with Crippen LogP contribution in [-0.2, 0) is 4.79 Å². The fraction of sp³-hybridized carbons (Fsp3) is 0.450. The number of carbonyl (C=O) groups excluding carboxylic acids is 1. The monoisotopic (exact) mass is 313 g/mol. The number of nitrogens with zero attached hydrogens (tertiary/aromatic N) is 1. The van der Waals surface area contributed by atoms with Crippen LogP contribution in [0, 0.1) is 0 Å². The molecule has 3 heteroatoms. The Hall–Kier alpha value is -2.03. The smallest absolute Gasteiger partial charge is 0.230 e. The van der Waals surface area contributed by atoms with E-state index in [1.54, 1.807) is 7.11 Å². The van der Waals surface area contributed by atoms with Crippen molar-refractivity contribution in [3.8, 4) is 5.75 Å². The first kappa shape index (κ1) is 17.3. The lowest BCUT2D eigenvalue weighted by molar-refractivity contribution is -0.136.